The number of rotatable bonds is 6. The Bertz CT molecular complexity index is 1250. The molecule has 6 nitrogen and oxygen atoms in total. The highest BCUT2D eigenvalue weighted by molar-refractivity contribution is 14.1. The first kappa shape index (κ1) is 21.0. The van der Waals surface area contributed by atoms with Gasteiger partial charge in [0.15, 0.2) is 0 Å². The van der Waals surface area contributed by atoms with E-state index in [1.54, 1.807) is 36.7 Å². The number of nitrogens with zero attached hydrogens (tertiary/aromatic N) is 2. The summed E-state index contributed by atoms with van der Waals surface area (Å²) in [7, 11) is 0. The quantitative estimate of drug-likeness (QED) is 0.341. The van der Waals surface area contributed by atoms with Crippen molar-refractivity contribution >= 4 is 51.2 Å². The number of imidazole rings is 1. The van der Waals surface area contributed by atoms with Gasteiger partial charge in [-0.2, -0.15) is 0 Å². The molecule has 0 radical (unpaired) electrons. The van der Waals surface area contributed by atoms with Crippen LogP contribution in [0.1, 0.15) is 28.4 Å². The van der Waals surface area contributed by atoms with E-state index in [1.807, 2.05) is 57.5 Å². The second kappa shape index (κ2) is 8.84. The number of halogens is 2. The third-order valence-corrected chi connectivity index (χ3v) is 5.81. The van der Waals surface area contributed by atoms with Crippen molar-refractivity contribution in [3.05, 3.63) is 93.6 Å². The molecule has 1 aromatic heterocycles. The fourth-order valence-electron chi connectivity index (χ4n) is 3.48. The maximum absolute atomic E-state index is 14.1. The Morgan fingerprint density at radius 3 is 2.58 bits per heavy atom. The van der Waals surface area contributed by atoms with Crippen LogP contribution in [0.15, 0.2) is 73.1 Å². The number of hydrogen-bond donors (Lipinski definition) is 2. The van der Waals surface area contributed by atoms with E-state index >= 15 is 0 Å². The number of carboxylic acid groups (broad SMARTS) is 1. The molecule has 4 aromatic rings. The minimum Gasteiger partial charge on any atom is -0.481 e. The molecule has 156 valence electrons. The highest BCUT2D eigenvalue weighted by Crippen LogP contribution is 2.28. The van der Waals surface area contributed by atoms with Crippen LogP contribution >= 0.6 is 22.6 Å². The number of aromatic nitrogens is 2. The van der Waals surface area contributed by atoms with Crippen LogP contribution in [0.2, 0.25) is 0 Å². The second-order valence-corrected chi connectivity index (χ2v) is 8.09. The van der Waals surface area contributed by atoms with Gasteiger partial charge >= 0.3 is 5.97 Å². The summed E-state index contributed by atoms with van der Waals surface area (Å²) in [6.45, 7) is 0. The minimum atomic E-state index is -0.918. The molecule has 0 saturated carbocycles. The fraction of sp³-hybridized carbons (Fsp3) is 0.0870. The molecule has 0 fully saturated rings. The van der Waals surface area contributed by atoms with Gasteiger partial charge in [-0.3, -0.25) is 9.59 Å². The largest absolute Gasteiger partial charge is 0.481 e. The van der Waals surface area contributed by atoms with Crippen molar-refractivity contribution < 1.29 is 19.1 Å². The van der Waals surface area contributed by atoms with Crippen molar-refractivity contribution in [3.63, 3.8) is 0 Å². The number of amides is 1. The summed E-state index contributed by atoms with van der Waals surface area (Å²) in [5, 5.41) is 12.1. The second-order valence-electron chi connectivity index (χ2n) is 6.93. The van der Waals surface area contributed by atoms with E-state index in [9.17, 15) is 19.1 Å². The number of aliphatic carboxylic acids is 1. The molecule has 0 aliphatic heterocycles. The molecule has 0 aliphatic rings. The average Bonchev–Trinajstić information content (AvgIpc) is 3.15. The summed E-state index contributed by atoms with van der Waals surface area (Å²) < 4.78 is 16.4. The molecule has 3 aromatic carbocycles. The zero-order chi connectivity index (χ0) is 22.0. The highest BCUT2D eigenvalue weighted by Gasteiger charge is 2.20. The molecule has 0 aliphatic carbocycles. The van der Waals surface area contributed by atoms with Crippen LogP contribution in [0.25, 0.3) is 11.0 Å². The number of benzene rings is 3. The van der Waals surface area contributed by atoms with E-state index in [1.165, 1.54) is 6.07 Å². The standard InChI is InChI=1S/C23H17FIN3O3/c24-16-7-4-8-17(25)22(16)23(31)27-15-9-10-19-18(11-15)26-13-28(19)20(12-21(29)30)14-5-2-1-3-6-14/h1-11,13,20H,12H2,(H,27,31)(H,29,30). The molecule has 1 amide bonds. The Kier molecular flexibility index (Phi) is 5.99. The van der Waals surface area contributed by atoms with Crippen LogP contribution in [0.4, 0.5) is 10.1 Å². The smallest absolute Gasteiger partial charge is 0.305 e. The van der Waals surface area contributed by atoms with Gasteiger partial charge in [0.2, 0.25) is 0 Å². The third-order valence-electron chi connectivity index (χ3n) is 4.91. The summed E-state index contributed by atoms with van der Waals surface area (Å²) in [5.41, 5.74) is 2.63. The first-order valence-corrected chi connectivity index (χ1v) is 10.5. The monoisotopic (exact) mass is 529 g/mol. The Balaban J connectivity index is 1.66. The van der Waals surface area contributed by atoms with Gasteiger partial charge in [-0.1, -0.05) is 36.4 Å². The van der Waals surface area contributed by atoms with Crippen LogP contribution in [-0.4, -0.2) is 26.5 Å². The average molecular weight is 529 g/mol. The van der Waals surface area contributed by atoms with E-state index in [4.69, 9.17) is 0 Å². The Hall–Kier alpha value is -3.27. The molecule has 1 unspecified atom stereocenters. The van der Waals surface area contributed by atoms with Crippen LogP contribution in [0.3, 0.4) is 0 Å². The van der Waals surface area contributed by atoms with Crippen molar-refractivity contribution in [1.82, 2.24) is 9.55 Å². The number of carbonyl (C=O) groups excluding carboxylic acids is 1. The van der Waals surface area contributed by atoms with Gasteiger partial charge in [0.05, 0.1) is 35.4 Å². The number of carboxylic acids is 1. The van der Waals surface area contributed by atoms with Crippen molar-refractivity contribution in [3.8, 4) is 0 Å². The lowest BCUT2D eigenvalue weighted by molar-refractivity contribution is -0.137. The van der Waals surface area contributed by atoms with Gasteiger partial charge in [-0.15, -0.1) is 0 Å². The van der Waals surface area contributed by atoms with Gasteiger partial charge in [0.25, 0.3) is 5.91 Å². The van der Waals surface area contributed by atoms with Crippen LogP contribution < -0.4 is 5.32 Å². The molecule has 31 heavy (non-hydrogen) atoms. The highest BCUT2D eigenvalue weighted by atomic mass is 127. The Morgan fingerprint density at radius 1 is 1.10 bits per heavy atom. The molecule has 0 bridgehead atoms. The van der Waals surface area contributed by atoms with Crippen molar-refractivity contribution in [2.75, 3.05) is 5.32 Å². The minimum absolute atomic E-state index is 0.0145. The molecule has 8 heteroatoms. The summed E-state index contributed by atoms with van der Waals surface area (Å²) in [5.74, 6) is -2.05. The Labute approximate surface area is 190 Å². The van der Waals surface area contributed by atoms with Gasteiger partial charge in [0, 0.05) is 9.26 Å². The number of hydrogen-bond acceptors (Lipinski definition) is 3. The molecular formula is C23H17FIN3O3. The first-order chi connectivity index (χ1) is 14.9. The zero-order valence-electron chi connectivity index (χ0n) is 16.1. The van der Waals surface area contributed by atoms with Crippen molar-refractivity contribution in [2.45, 2.75) is 12.5 Å². The number of fused-ring (bicyclic) bond motifs is 1. The third kappa shape index (κ3) is 4.43. The number of carbonyl (C=O) groups is 2. The van der Waals surface area contributed by atoms with Crippen LogP contribution in [0, 0.1) is 9.39 Å². The molecule has 1 atom stereocenters. The summed E-state index contributed by atoms with van der Waals surface area (Å²) >= 11 is 1.92. The van der Waals surface area contributed by atoms with E-state index in [2.05, 4.69) is 10.3 Å². The Morgan fingerprint density at radius 2 is 1.87 bits per heavy atom. The van der Waals surface area contributed by atoms with Gasteiger partial charge in [0.1, 0.15) is 5.82 Å². The summed E-state index contributed by atoms with van der Waals surface area (Å²) in [4.78, 5) is 28.4. The maximum Gasteiger partial charge on any atom is 0.305 e. The summed E-state index contributed by atoms with van der Waals surface area (Å²) in [6, 6.07) is 18.5. The van der Waals surface area contributed by atoms with E-state index in [-0.39, 0.29) is 12.0 Å². The molecule has 4 rings (SSSR count). The van der Waals surface area contributed by atoms with Crippen molar-refractivity contribution in [1.29, 1.82) is 0 Å². The number of anilines is 1. The lowest BCUT2D eigenvalue weighted by Crippen LogP contribution is -2.15. The zero-order valence-corrected chi connectivity index (χ0v) is 18.3. The van der Waals surface area contributed by atoms with E-state index < -0.39 is 23.7 Å². The molecule has 2 N–H and O–H groups in total. The first-order valence-electron chi connectivity index (χ1n) is 9.42. The van der Waals surface area contributed by atoms with Gasteiger partial charge < -0.3 is 15.0 Å². The lowest BCUT2D eigenvalue weighted by atomic mass is 10.0. The normalized spacial score (nSPS) is 11.9. The predicted molar refractivity (Wildman–Crippen MR) is 124 cm³/mol. The van der Waals surface area contributed by atoms with Crippen LogP contribution in [0.5, 0.6) is 0 Å². The molecule has 0 saturated heterocycles. The maximum atomic E-state index is 14.1. The number of nitrogens with one attached hydrogen (secondary N) is 1. The van der Waals surface area contributed by atoms with Crippen molar-refractivity contribution in [2.24, 2.45) is 0 Å². The predicted octanol–water partition coefficient (Wildman–Crippen LogP) is 5.10. The lowest BCUT2D eigenvalue weighted by Gasteiger charge is -2.18. The molecule has 1 heterocycles. The topological polar surface area (TPSA) is 84.2 Å². The van der Waals surface area contributed by atoms with Gasteiger partial charge in [-0.05, 0) is 58.5 Å². The summed E-state index contributed by atoms with van der Waals surface area (Å²) in [6.07, 6.45) is 1.50. The van der Waals surface area contributed by atoms with Crippen LogP contribution in [-0.2, 0) is 4.79 Å². The molecular weight excluding hydrogens is 512 g/mol. The SMILES string of the molecule is O=C(O)CC(c1ccccc1)n1cnc2cc(NC(=O)c3c(F)cccc3I)ccc21. The van der Waals surface area contributed by atoms with E-state index in [0.717, 1.165) is 11.1 Å². The fourth-order valence-corrected chi connectivity index (χ4v) is 4.19. The van der Waals surface area contributed by atoms with E-state index in [0.29, 0.717) is 14.8 Å². The molecule has 0 spiro atoms. The van der Waals surface area contributed by atoms with Gasteiger partial charge in [-0.25, -0.2) is 9.37 Å².